The molecule has 35 heavy (non-hydrogen) atoms. The number of carbonyl (C=O) groups excluding carboxylic acids is 1. The van der Waals surface area contributed by atoms with E-state index in [1.807, 2.05) is 98.8 Å². The molecule has 1 aliphatic rings. The summed E-state index contributed by atoms with van der Waals surface area (Å²) in [5.74, 6) is -0.273. The van der Waals surface area contributed by atoms with Gasteiger partial charge in [-0.25, -0.2) is 4.99 Å². The molecule has 3 aromatic carbocycles. The Bertz CT molecular complexity index is 1620. The van der Waals surface area contributed by atoms with Crippen LogP contribution in [0.15, 0.2) is 104 Å². The van der Waals surface area contributed by atoms with Gasteiger partial charge in [-0.3, -0.25) is 14.2 Å². The Morgan fingerprint density at radius 1 is 1.00 bits per heavy atom. The van der Waals surface area contributed by atoms with E-state index in [4.69, 9.17) is 4.99 Å². The van der Waals surface area contributed by atoms with Gasteiger partial charge in [0.1, 0.15) is 0 Å². The van der Waals surface area contributed by atoms with Crippen LogP contribution in [0.3, 0.4) is 0 Å². The summed E-state index contributed by atoms with van der Waals surface area (Å²) in [5.41, 5.74) is 4.46. The molecule has 4 aromatic rings. The number of allylic oxidation sites excluding steroid dienone is 1. The lowest BCUT2D eigenvalue weighted by atomic mass is 9.94. The van der Waals surface area contributed by atoms with Gasteiger partial charge in [-0.15, -0.1) is 0 Å². The second-order valence-corrected chi connectivity index (χ2v) is 10.3. The lowest BCUT2D eigenvalue weighted by Gasteiger charge is -2.25. The van der Waals surface area contributed by atoms with Gasteiger partial charge >= 0.3 is 0 Å². The number of aromatic nitrogens is 1. The molecule has 7 heteroatoms. The zero-order chi connectivity index (χ0) is 24.5. The molecule has 2 heterocycles. The van der Waals surface area contributed by atoms with Crippen molar-refractivity contribution in [3.05, 3.63) is 131 Å². The molecule has 1 atom stereocenters. The molecule has 1 aromatic heterocycles. The molecule has 1 amide bonds. The summed E-state index contributed by atoms with van der Waals surface area (Å²) in [6.45, 7) is 3.84. The van der Waals surface area contributed by atoms with E-state index in [-0.39, 0.29) is 11.5 Å². The third kappa shape index (κ3) is 4.70. The van der Waals surface area contributed by atoms with E-state index in [1.165, 1.54) is 11.3 Å². The first-order chi connectivity index (χ1) is 16.9. The molecule has 1 unspecified atom stereocenters. The van der Waals surface area contributed by atoms with Crippen molar-refractivity contribution in [1.82, 2.24) is 4.57 Å². The molecule has 0 saturated carbocycles. The first kappa shape index (κ1) is 23.2. The van der Waals surface area contributed by atoms with Crippen molar-refractivity contribution < 1.29 is 4.79 Å². The number of hydrogen-bond acceptors (Lipinski definition) is 4. The van der Waals surface area contributed by atoms with Crippen molar-refractivity contribution in [2.45, 2.75) is 19.9 Å². The molecule has 0 bridgehead atoms. The number of rotatable bonds is 4. The number of benzene rings is 3. The fourth-order valence-electron chi connectivity index (χ4n) is 4.11. The first-order valence-corrected chi connectivity index (χ1v) is 12.7. The number of nitrogens with one attached hydrogen (secondary N) is 1. The fraction of sp³-hybridized carbons (Fsp3) is 0.107. The van der Waals surface area contributed by atoms with E-state index >= 15 is 0 Å². The number of carbonyl (C=O) groups is 1. The number of nitrogens with zero attached hydrogens (tertiary/aromatic N) is 2. The van der Waals surface area contributed by atoms with Crippen LogP contribution in [-0.2, 0) is 4.79 Å². The molecule has 0 aliphatic carbocycles. The van der Waals surface area contributed by atoms with Gasteiger partial charge in [-0.1, -0.05) is 87.4 Å². The van der Waals surface area contributed by atoms with Gasteiger partial charge in [0.15, 0.2) is 4.80 Å². The van der Waals surface area contributed by atoms with Gasteiger partial charge in [-0.2, -0.15) is 0 Å². The van der Waals surface area contributed by atoms with E-state index < -0.39 is 6.04 Å². The Balaban J connectivity index is 1.67. The van der Waals surface area contributed by atoms with E-state index in [1.54, 1.807) is 4.57 Å². The molecule has 174 valence electrons. The topological polar surface area (TPSA) is 63.5 Å². The molecule has 0 saturated heterocycles. The summed E-state index contributed by atoms with van der Waals surface area (Å²) < 4.78 is 3.19. The maximum absolute atomic E-state index is 13.7. The number of aryl methyl sites for hydroxylation is 1. The number of hydrogen-bond donors (Lipinski definition) is 1. The van der Waals surface area contributed by atoms with Crippen molar-refractivity contribution in [2.24, 2.45) is 4.99 Å². The summed E-state index contributed by atoms with van der Waals surface area (Å²) in [5, 5.41) is 2.97. The summed E-state index contributed by atoms with van der Waals surface area (Å²) in [7, 11) is 0. The number of fused-ring (bicyclic) bond motifs is 1. The third-order valence-electron chi connectivity index (χ3n) is 5.86. The molecular weight excluding hydrogens is 522 g/mol. The monoisotopic (exact) mass is 543 g/mol. The molecule has 0 fully saturated rings. The summed E-state index contributed by atoms with van der Waals surface area (Å²) in [6, 6.07) is 24.4. The highest BCUT2D eigenvalue weighted by molar-refractivity contribution is 9.10. The first-order valence-electron chi connectivity index (χ1n) is 11.1. The van der Waals surface area contributed by atoms with Crippen LogP contribution in [0.5, 0.6) is 0 Å². The van der Waals surface area contributed by atoms with Crippen LogP contribution in [0, 0.1) is 6.92 Å². The standard InChI is InChI=1S/C28H22BrN3O2S/c1-17-8-12-20(13-9-17)25-24(26(33)31-22-6-4-3-5-7-22)18(2)30-28-32(25)27(34)23(35-28)16-19-10-14-21(29)15-11-19/h3-16,25H,1-2H3,(H,31,33)/b23-16-. The average molecular weight is 544 g/mol. The minimum Gasteiger partial charge on any atom is -0.322 e. The SMILES string of the molecule is CC1=C(C(=O)Nc2ccccc2)C(c2ccc(C)cc2)n2c(s/c(=C\c3ccc(Br)cc3)c2=O)=N1. The van der Waals surface area contributed by atoms with Crippen LogP contribution in [0.4, 0.5) is 5.69 Å². The summed E-state index contributed by atoms with van der Waals surface area (Å²) in [4.78, 5) is 32.5. The van der Waals surface area contributed by atoms with E-state index in [0.717, 1.165) is 21.2 Å². The van der Waals surface area contributed by atoms with Gasteiger partial charge in [0.2, 0.25) is 0 Å². The van der Waals surface area contributed by atoms with Gasteiger partial charge in [0, 0.05) is 10.2 Å². The maximum Gasteiger partial charge on any atom is 0.271 e. The Hall–Kier alpha value is -3.55. The average Bonchev–Trinajstić information content (AvgIpc) is 3.15. The van der Waals surface area contributed by atoms with Crippen LogP contribution in [0.2, 0.25) is 0 Å². The smallest absolute Gasteiger partial charge is 0.271 e. The second kappa shape index (κ2) is 9.60. The van der Waals surface area contributed by atoms with Crippen molar-refractivity contribution in [2.75, 3.05) is 5.32 Å². The quantitative estimate of drug-likeness (QED) is 0.396. The molecular formula is C28H22BrN3O2S. The lowest BCUT2D eigenvalue weighted by Crippen LogP contribution is -2.40. The lowest BCUT2D eigenvalue weighted by molar-refractivity contribution is -0.113. The molecule has 5 rings (SSSR count). The van der Waals surface area contributed by atoms with E-state index in [9.17, 15) is 9.59 Å². The summed E-state index contributed by atoms with van der Waals surface area (Å²) >= 11 is 4.78. The number of anilines is 1. The summed E-state index contributed by atoms with van der Waals surface area (Å²) in [6.07, 6.45) is 1.87. The van der Waals surface area contributed by atoms with Gasteiger partial charge in [0.05, 0.1) is 21.8 Å². The van der Waals surface area contributed by atoms with Gasteiger partial charge in [0.25, 0.3) is 11.5 Å². The predicted octanol–water partition coefficient (Wildman–Crippen LogP) is 4.94. The minimum atomic E-state index is -0.581. The van der Waals surface area contributed by atoms with E-state index in [2.05, 4.69) is 21.2 Å². The van der Waals surface area contributed by atoms with Crippen molar-refractivity contribution in [3.63, 3.8) is 0 Å². The highest BCUT2D eigenvalue weighted by Gasteiger charge is 2.32. The maximum atomic E-state index is 13.7. The van der Waals surface area contributed by atoms with Crippen LogP contribution >= 0.6 is 27.3 Å². The van der Waals surface area contributed by atoms with Crippen LogP contribution < -0.4 is 20.2 Å². The van der Waals surface area contributed by atoms with Crippen molar-refractivity contribution in [3.8, 4) is 0 Å². The molecule has 1 aliphatic heterocycles. The number of halogens is 1. The van der Waals surface area contributed by atoms with Crippen LogP contribution in [0.1, 0.15) is 29.7 Å². The largest absolute Gasteiger partial charge is 0.322 e. The minimum absolute atomic E-state index is 0.167. The van der Waals surface area contributed by atoms with Gasteiger partial charge < -0.3 is 5.32 Å². The van der Waals surface area contributed by atoms with Crippen LogP contribution in [0.25, 0.3) is 6.08 Å². The third-order valence-corrected chi connectivity index (χ3v) is 7.37. The van der Waals surface area contributed by atoms with Gasteiger partial charge in [-0.05, 0) is 55.3 Å². The Morgan fingerprint density at radius 2 is 1.69 bits per heavy atom. The predicted molar refractivity (Wildman–Crippen MR) is 144 cm³/mol. The normalized spacial score (nSPS) is 15.5. The zero-order valence-electron chi connectivity index (χ0n) is 19.2. The zero-order valence-corrected chi connectivity index (χ0v) is 21.6. The molecule has 0 radical (unpaired) electrons. The number of thiazole rings is 1. The van der Waals surface area contributed by atoms with Crippen LogP contribution in [-0.4, -0.2) is 10.5 Å². The Morgan fingerprint density at radius 3 is 2.37 bits per heavy atom. The molecule has 1 N–H and O–H groups in total. The highest BCUT2D eigenvalue weighted by atomic mass is 79.9. The van der Waals surface area contributed by atoms with Crippen molar-refractivity contribution >= 4 is 44.9 Å². The fourth-order valence-corrected chi connectivity index (χ4v) is 5.42. The Kier molecular flexibility index (Phi) is 6.36. The van der Waals surface area contributed by atoms with Crippen molar-refractivity contribution in [1.29, 1.82) is 0 Å². The molecule has 5 nitrogen and oxygen atoms in total. The second-order valence-electron chi connectivity index (χ2n) is 8.36. The number of amides is 1. The highest BCUT2D eigenvalue weighted by Crippen LogP contribution is 2.31. The Labute approximate surface area is 214 Å². The van der Waals surface area contributed by atoms with E-state index in [0.29, 0.717) is 26.3 Å². The number of para-hydroxylation sites is 1. The molecule has 0 spiro atoms.